The Morgan fingerprint density at radius 3 is 2.04 bits per heavy atom. The molecule has 4 aliphatic rings. The molecule has 2 heterocycles. The summed E-state index contributed by atoms with van der Waals surface area (Å²) in [5.41, 5.74) is -5.86. The van der Waals surface area contributed by atoms with Crippen LogP contribution in [0.3, 0.4) is 0 Å². The maximum absolute atomic E-state index is 16.3. The number of esters is 3. The molecule has 3 aromatic carbocycles. The van der Waals surface area contributed by atoms with Gasteiger partial charge in [-0.05, 0) is 78.4 Å². The first kappa shape index (κ1) is 53.0. The Bertz CT molecular complexity index is 2780. The van der Waals surface area contributed by atoms with Crippen LogP contribution in [-0.4, -0.2) is 107 Å². The van der Waals surface area contributed by atoms with Gasteiger partial charge >= 0.3 is 24.0 Å². The molecule has 4 aromatic rings. The van der Waals surface area contributed by atoms with Crippen molar-refractivity contribution in [3.63, 3.8) is 0 Å². The lowest BCUT2D eigenvalue weighted by Gasteiger charge is -2.68. The van der Waals surface area contributed by atoms with Crippen LogP contribution < -0.4 is 5.32 Å². The van der Waals surface area contributed by atoms with Crippen LogP contribution in [-0.2, 0) is 42.5 Å². The van der Waals surface area contributed by atoms with E-state index >= 15 is 9.59 Å². The number of ether oxygens (including phenoxy) is 5. The number of benzene rings is 3. The Morgan fingerprint density at radius 2 is 1.49 bits per heavy atom. The fraction of sp³-hybridized carbons (Fsp3) is 0.482. The predicted octanol–water partition coefficient (Wildman–Crippen LogP) is 8.36. The van der Waals surface area contributed by atoms with Crippen molar-refractivity contribution in [1.82, 2.24) is 14.9 Å². The molecule has 2 bridgehead atoms. The van der Waals surface area contributed by atoms with Crippen LogP contribution in [0.2, 0.25) is 18.1 Å². The molecule has 0 spiro atoms. The SMILES string of the molecule is CC(=O)O[C@@]12COC1C[C@H](C)[C@@]1(C)C(=O)[C@H](OC(=O)n3ccnc3)C3=C(C)[C@@H](OC(=O)[C@H](O[Si](C)(C)C(C)(C)C)[C@@H](NC(=O)c4ccccc4)c4ccccc4)C[C@@](O)([C@@H](OC(=O)c4ccccc4)[C@@H]12)C3(C)C. The lowest BCUT2D eigenvalue weighted by Crippen LogP contribution is -2.81. The van der Waals surface area contributed by atoms with Gasteiger partial charge in [-0.3, -0.25) is 14.4 Å². The number of carbonyl (C=O) groups is 6. The number of imidazole rings is 1. The van der Waals surface area contributed by atoms with Crippen LogP contribution in [0, 0.1) is 22.7 Å². The van der Waals surface area contributed by atoms with E-state index in [9.17, 15) is 24.3 Å². The number of nitrogens with one attached hydrogen (secondary N) is 1. The number of hydrogen-bond donors (Lipinski definition) is 2. The van der Waals surface area contributed by atoms with Crippen LogP contribution in [0.15, 0.2) is 121 Å². The minimum absolute atomic E-state index is 0.109. The molecule has 17 heteroatoms. The highest BCUT2D eigenvalue weighted by Gasteiger charge is 2.78. The summed E-state index contributed by atoms with van der Waals surface area (Å²) in [6, 6.07) is 24.5. The quantitative estimate of drug-likeness (QED) is 0.0592. The van der Waals surface area contributed by atoms with E-state index in [1.165, 1.54) is 25.6 Å². The van der Waals surface area contributed by atoms with Crippen LogP contribution in [0.25, 0.3) is 0 Å². The maximum Gasteiger partial charge on any atom is 0.420 e. The molecule has 0 radical (unpaired) electrons. The average Bonchev–Trinajstić information content (AvgIpc) is 3.90. The van der Waals surface area contributed by atoms with Gasteiger partial charge in [0.2, 0.25) is 0 Å². The van der Waals surface area contributed by atoms with E-state index < -0.39 is 126 Å². The summed E-state index contributed by atoms with van der Waals surface area (Å²) >= 11 is 0. The molecular formula is C56H67N3O13Si. The van der Waals surface area contributed by atoms with Gasteiger partial charge in [-0.25, -0.2) is 23.9 Å². The lowest BCUT2D eigenvalue weighted by atomic mass is 9.43. The van der Waals surface area contributed by atoms with E-state index in [1.54, 1.807) is 113 Å². The maximum atomic E-state index is 16.3. The molecule has 1 aliphatic heterocycles. The molecule has 11 atom stereocenters. The molecule has 1 amide bonds. The smallest absolute Gasteiger partial charge is 0.420 e. The molecule has 16 nitrogen and oxygen atoms in total. The van der Waals surface area contributed by atoms with Crippen LogP contribution in [0.1, 0.15) is 107 Å². The van der Waals surface area contributed by atoms with Crippen LogP contribution in [0.4, 0.5) is 4.79 Å². The highest BCUT2D eigenvalue weighted by atomic mass is 28.4. The normalized spacial score (nSPS) is 29.3. The lowest BCUT2D eigenvalue weighted by molar-refractivity contribution is -0.340. The third-order valence-corrected chi connectivity index (χ3v) is 21.3. The first-order chi connectivity index (χ1) is 34.3. The molecule has 3 aliphatic carbocycles. The van der Waals surface area contributed by atoms with E-state index in [0.717, 1.165) is 4.57 Å². The summed E-state index contributed by atoms with van der Waals surface area (Å²) in [5.74, 6) is -5.51. The van der Waals surface area contributed by atoms with Gasteiger partial charge in [0.15, 0.2) is 31.9 Å². The number of carbonyl (C=O) groups excluding carboxylic acids is 6. The van der Waals surface area contributed by atoms with Crippen molar-refractivity contribution in [2.24, 2.45) is 22.7 Å². The molecule has 1 unspecified atom stereocenters. The van der Waals surface area contributed by atoms with Crippen molar-refractivity contribution < 1.29 is 62.0 Å². The second-order valence-electron chi connectivity index (χ2n) is 22.3. The van der Waals surface area contributed by atoms with Crippen molar-refractivity contribution >= 4 is 44.0 Å². The Morgan fingerprint density at radius 1 is 0.890 bits per heavy atom. The summed E-state index contributed by atoms with van der Waals surface area (Å²) in [6.45, 7) is 19.5. The fourth-order valence-corrected chi connectivity index (χ4v) is 12.7. The topological polar surface area (TPSA) is 208 Å². The highest BCUT2D eigenvalue weighted by Crippen LogP contribution is 2.66. The van der Waals surface area contributed by atoms with Crippen LogP contribution in [0.5, 0.6) is 0 Å². The third-order valence-electron chi connectivity index (χ3n) is 16.8. The van der Waals surface area contributed by atoms with Gasteiger partial charge < -0.3 is 38.5 Å². The number of amides is 1. The summed E-state index contributed by atoms with van der Waals surface area (Å²) in [4.78, 5) is 92.4. The second-order valence-corrected chi connectivity index (χ2v) is 27.1. The van der Waals surface area contributed by atoms with Gasteiger partial charge in [0.1, 0.15) is 30.2 Å². The van der Waals surface area contributed by atoms with E-state index in [4.69, 9.17) is 28.1 Å². The molecular weight excluding hydrogens is 951 g/mol. The summed E-state index contributed by atoms with van der Waals surface area (Å²) in [6.07, 6.45) is -4.37. The Kier molecular flexibility index (Phi) is 14.2. The third kappa shape index (κ3) is 9.27. The molecule has 73 heavy (non-hydrogen) atoms. The van der Waals surface area contributed by atoms with Gasteiger partial charge in [0.05, 0.1) is 24.1 Å². The minimum atomic E-state index is -2.94. The van der Waals surface area contributed by atoms with Crippen molar-refractivity contribution in [2.75, 3.05) is 6.61 Å². The zero-order chi connectivity index (χ0) is 53.1. The molecule has 2 saturated carbocycles. The number of aromatic nitrogens is 2. The monoisotopic (exact) mass is 1020 g/mol. The van der Waals surface area contributed by atoms with Gasteiger partial charge in [0.25, 0.3) is 5.91 Å². The van der Waals surface area contributed by atoms with Gasteiger partial charge in [-0.1, -0.05) is 115 Å². The summed E-state index contributed by atoms with van der Waals surface area (Å²) in [7, 11) is -2.94. The van der Waals surface area contributed by atoms with E-state index in [2.05, 4.69) is 10.3 Å². The van der Waals surface area contributed by atoms with Crippen molar-refractivity contribution in [1.29, 1.82) is 0 Å². The highest BCUT2D eigenvalue weighted by molar-refractivity contribution is 6.74. The van der Waals surface area contributed by atoms with Crippen molar-refractivity contribution in [2.45, 2.75) is 141 Å². The zero-order valence-corrected chi connectivity index (χ0v) is 44.4. The number of nitrogens with zero attached hydrogens (tertiary/aromatic N) is 2. The molecule has 1 aromatic heterocycles. The number of Topliss-reactive ketones (excluding diaryl/α,β-unsaturated/α-hetero) is 1. The summed E-state index contributed by atoms with van der Waals surface area (Å²) < 4.78 is 40.3. The first-order valence-corrected chi connectivity index (χ1v) is 27.7. The van der Waals surface area contributed by atoms with Gasteiger partial charge in [0, 0.05) is 42.1 Å². The van der Waals surface area contributed by atoms with Crippen LogP contribution >= 0.6 is 0 Å². The van der Waals surface area contributed by atoms with Crippen molar-refractivity contribution in [3.8, 4) is 0 Å². The number of aliphatic hydroxyl groups is 1. The molecule has 2 N–H and O–H groups in total. The van der Waals surface area contributed by atoms with Crippen molar-refractivity contribution in [3.05, 3.63) is 138 Å². The van der Waals surface area contributed by atoms with Gasteiger partial charge in [-0.2, -0.15) is 0 Å². The first-order valence-electron chi connectivity index (χ1n) is 24.8. The summed E-state index contributed by atoms with van der Waals surface area (Å²) in [5, 5.41) is 16.9. The molecule has 8 rings (SSSR count). The Balaban J connectivity index is 1.34. The second kappa shape index (κ2) is 19.5. The number of ketones is 1. The number of fused-ring (bicyclic) bond motifs is 5. The molecule has 3 fully saturated rings. The fourth-order valence-electron chi connectivity index (χ4n) is 11.4. The van der Waals surface area contributed by atoms with E-state index in [1.807, 2.05) is 46.9 Å². The molecule has 1 saturated heterocycles. The Labute approximate surface area is 427 Å². The largest absolute Gasteiger partial charge is 0.456 e. The molecule has 388 valence electrons. The van der Waals surface area contributed by atoms with E-state index in [0.29, 0.717) is 11.1 Å². The Hall–Kier alpha value is -6.27. The number of hydrogen-bond acceptors (Lipinski definition) is 14. The van der Waals surface area contributed by atoms with E-state index in [-0.39, 0.29) is 29.7 Å². The van der Waals surface area contributed by atoms with Gasteiger partial charge in [-0.15, -0.1) is 0 Å². The standard InChI is InChI=1S/C56H67N3O13Si/c1-33-29-40-55(31-67-40,71-35(3)60)45-47(70-49(63)38-25-19-14-20-26-38)56(66)30-39(34(2)41(53(56,7)8)43(46(61)54(33,45)9)69-51(65)59-28-27-57-32-59)68-50(64)44(72-73(10,11)52(4,5)6)42(36-21-15-12-16-22-36)58-48(62)37-23-17-13-18-24-37/h12-28,32-33,39-40,42-45,47,66H,29-31H2,1-11H3,(H,58,62)/t33-,39-,40?,42-,43+,44+,45-,47-,54+,55-,56+/m0/s1. The zero-order valence-electron chi connectivity index (χ0n) is 43.4. The minimum Gasteiger partial charge on any atom is -0.456 e. The number of rotatable bonds is 12. The predicted molar refractivity (Wildman–Crippen MR) is 269 cm³/mol. The average molecular weight is 1020 g/mol.